The Labute approximate surface area is 195 Å². The molecule has 0 saturated carbocycles. The summed E-state index contributed by atoms with van der Waals surface area (Å²) in [6, 6.07) is 24.5. The molecule has 0 radical (unpaired) electrons. The molecule has 1 heterocycles. The maximum Gasteiger partial charge on any atom is 0.340 e. The molecule has 4 rings (SSSR count). The van der Waals surface area contributed by atoms with Crippen molar-refractivity contribution in [1.82, 2.24) is 0 Å². The highest BCUT2D eigenvalue weighted by Crippen LogP contribution is 2.26. The SMILES string of the molecule is O=C(OC1OCC(O)C(OC(=O)c2ccccc2)C1OC(=O)c1ccccc1)c1ccccc1. The number of carbonyl (C=O) groups is 3. The highest BCUT2D eigenvalue weighted by atomic mass is 16.7. The topological polar surface area (TPSA) is 108 Å². The molecule has 0 amide bonds. The van der Waals surface area contributed by atoms with Crippen LogP contribution in [-0.2, 0) is 18.9 Å². The molecule has 0 bridgehead atoms. The predicted molar refractivity (Wildman–Crippen MR) is 119 cm³/mol. The van der Waals surface area contributed by atoms with Crippen LogP contribution in [0.2, 0.25) is 0 Å². The van der Waals surface area contributed by atoms with Gasteiger partial charge in [0.15, 0.2) is 6.10 Å². The highest BCUT2D eigenvalue weighted by molar-refractivity contribution is 5.91. The number of esters is 3. The van der Waals surface area contributed by atoms with Crippen LogP contribution in [-0.4, -0.2) is 54.2 Å². The van der Waals surface area contributed by atoms with E-state index in [1.165, 1.54) is 0 Å². The molecule has 4 atom stereocenters. The summed E-state index contributed by atoms with van der Waals surface area (Å²) in [7, 11) is 0. The molecule has 3 aromatic rings. The van der Waals surface area contributed by atoms with Crippen molar-refractivity contribution < 1.29 is 38.4 Å². The first-order valence-electron chi connectivity index (χ1n) is 10.6. The molecule has 1 N–H and O–H groups in total. The molecular weight excluding hydrogens is 440 g/mol. The van der Waals surface area contributed by atoms with E-state index in [4.69, 9.17) is 18.9 Å². The van der Waals surface area contributed by atoms with Crippen molar-refractivity contribution in [2.75, 3.05) is 6.61 Å². The second kappa shape index (κ2) is 10.7. The normalized spacial score (nSPS) is 21.8. The van der Waals surface area contributed by atoms with E-state index in [0.29, 0.717) is 0 Å². The molecule has 1 aliphatic heterocycles. The summed E-state index contributed by atoms with van der Waals surface area (Å²) >= 11 is 0. The zero-order valence-electron chi connectivity index (χ0n) is 18.0. The minimum Gasteiger partial charge on any atom is -0.452 e. The van der Waals surface area contributed by atoms with Crippen LogP contribution in [0.25, 0.3) is 0 Å². The quantitative estimate of drug-likeness (QED) is 0.440. The van der Waals surface area contributed by atoms with Gasteiger partial charge in [-0.05, 0) is 36.4 Å². The Bertz CT molecular complexity index is 1120. The van der Waals surface area contributed by atoms with E-state index >= 15 is 0 Å². The standard InChI is InChI=1S/C26H22O8/c27-20-16-31-26(34-25(30)19-14-8-3-9-15-19)22(33-24(29)18-12-6-2-7-13-18)21(20)32-23(28)17-10-4-1-5-11-17/h1-15,20-22,26-27H,16H2. The maximum atomic E-state index is 12.8. The van der Waals surface area contributed by atoms with E-state index < -0.39 is 42.5 Å². The van der Waals surface area contributed by atoms with Gasteiger partial charge in [-0.15, -0.1) is 0 Å². The third-order valence-electron chi connectivity index (χ3n) is 5.14. The Morgan fingerprint density at radius 2 is 1.00 bits per heavy atom. The highest BCUT2D eigenvalue weighted by Gasteiger charge is 2.47. The molecular formula is C26H22O8. The monoisotopic (exact) mass is 462 g/mol. The van der Waals surface area contributed by atoms with Gasteiger partial charge in [0.25, 0.3) is 0 Å². The first kappa shape index (κ1) is 23.2. The van der Waals surface area contributed by atoms with Crippen LogP contribution in [0.1, 0.15) is 31.1 Å². The molecule has 3 aromatic carbocycles. The molecule has 0 aliphatic carbocycles. The average Bonchev–Trinajstić information content (AvgIpc) is 2.89. The molecule has 174 valence electrons. The summed E-state index contributed by atoms with van der Waals surface area (Å²) in [6.45, 7) is -0.307. The number of ether oxygens (including phenoxy) is 4. The van der Waals surface area contributed by atoms with Crippen molar-refractivity contribution in [1.29, 1.82) is 0 Å². The summed E-state index contributed by atoms with van der Waals surface area (Å²) in [5.41, 5.74) is 0.721. The molecule has 4 unspecified atom stereocenters. The molecule has 1 fully saturated rings. The lowest BCUT2D eigenvalue weighted by molar-refractivity contribution is -0.250. The lowest BCUT2D eigenvalue weighted by atomic mass is 10.0. The summed E-state index contributed by atoms with van der Waals surface area (Å²) in [6.07, 6.45) is -5.51. The van der Waals surface area contributed by atoms with E-state index in [1.54, 1.807) is 91.0 Å². The average molecular weight is 462 g/mol. The molecule has 34 heavy (non-hydrogen) atoms. The third kappa shape index (κ3) is 5.48. The van der Waals surface area contributed by atoms with Crippen LogP contribution < -0.4 is 0 Å². The first-order valence-corrected chi connectivity index (χ1v) is 10.6. The van der Waals surface area contributed by atoms with Crippen LogP contribution >= 0.6 is 0 Å². The van der Waals surface area contributed by atoms with Crippen molar-refractivity contribution in [3.63, 3.8) is 0 Å². The van der Waals surface area contributed by atoms with Gasteiger partial charge < -0.3 is 24.1 Å². The van der Waals surface area contributed by atoms with E-state index in [2.05, 4.69) is 0 Å². The van der Waals surface area contributed by atoms with E-state index in [9.17, 15) is 19.5 Å². The van der Waals surface area contributed by atoms with Gasteiger partial charge in [-0.3, -0.25) is 0 Å². The number of hydrogen-bond donors (Lipinski definition) is 1. The minimum atomic E-state index is -1.42. The van der Waals surface area contributed by atoms with Crippen LogP contribution in [0, 0.1) is 0 Å². The molecule has 8 nitrogen and oxygen atoms in total. The summed E-state index contributed by atoms with van der Waals surface area (Å²) in [5, 5.41) is 10.6. The smallest absolute Gasteiger partial charge is 0.340 e. The van der Waals surface area contributed by atoms with Gasteiger partial charge in [0.1, 0.15) is 6.10 Å². The van der Waals surface area contributed by atoms with Crippen LogP contribution in [0.5, 0.6) is 0 Å². The van der Waals surface area contributed by atoms with Crippen molar-refractivity contribution in [2.45, 2.75) is 24.6 Å². The number of hydrogen-bond acceptors (Lipinski definition) is 8. The van der Waals surface area contributed by atoms with E-state index in [0.717, 1.165) is 0 Å². The second-order valence-electron chi connectivity index (χ2n) is 7.51. The Kier molecular flexibility index (Phi) is 7.31. The van der Waals surface area contributed by atoms with Gasteiger partial charge in [0, 0.05) is 0 Å². The maximum absolute atomic E-state index is 12.8. The van der Waals surface area contributed by atoms with Gasteiger partial charge in [-0.1, -0.05) is 54.6 Å². The second-order valence-corrected chi connectivity index (χ2v) is 7.51. The van der Waals surface area contributed by atoms with Crippen LogP contribution in [0.3, 0.4) is 0 Å². The number of aliphatic hydroxyl groups is 1. The zero-order valence-corrected chi connectivity index (χ0v) is 18.0. The van der Waals surface area contributed by atoms with E-state index in [-0.39, 0.29) is 23.3 Å². The minimum absolute atomic E-state index is 0.226. The summed E-state index contributed by atoms with van der Waals surface area (Å²) in [4.78, 5) is 38.1. The number of carbonyl (C=O) groups excluding carboxylic acids is 3. The molecule has 8 heteroatoms. The third-order valence-corrected chi connectivity index (χ3v) is 5.14. The Morgan fingerprint density at radius 1 is 0.618 bits per heavy atom. The summed E-state index contributed by atoms with van der Waals surface area (Å²) < 4.78 is 22.0. The molecule has 1 aliphatic rings. The van der Waals surface area contributed by atoms with Crippen molar-refractivity contribution in [2.24, 2.45) is 0 Å². The Balaban J connectivity index is 1.59. The predicted octanol–water partition coefficient (Wildman–Crippen LogP) is 3.01. The number of aliphatic hydroxyl groups excluding tert-OH is 1. The fourth-order valence-corrected chi connectivity index (χ4v) is 3.41. The van der Waals surface area contributed by atoms with Gasteiger partial charge in [-0.25, -0.2) is 14.4 Å². The van der Waals surface area contributed by atoms with Crippen LogP contribution in [0.15, 0.2) is 91.0 Å². The first-order chi connectivity index (χ1) is 16.5. The lowest BCUT2D eigenvalue weighted by Gasteiger charge is -2.38. The molecule has 0 spiro atoms. The largest absolute Gasteiger partial charge is 0.452 e. The Hall–Kier alpha value is -4.01. The van der Waals surface area contributed by atoms with Gasteiger partial charge in [-0.2, -0.15) is 0 Å². The van der Waals surface area contributed by atoms with Crippen molar-refractivity contribution in [3.05, 3.63) is 108 Å². The lowest BCUT2D eigenvalue weighted by Crippen LogP contribution is -2.57. The zero-order chi connectivity index (χ0) is 23.9. The summed E-state index contributed by atoms with van der Waals surface area (Å²) in [5.74, 6) is -2.22. The number of benzene rings is 3. The van der Waals surface area contributed by atoms with Crippen molar-refractivity contribution in [3.8, 4) is 0 Å². The molecule has 1 saturated heterocycles. The van der Waals surface area contributed by atoms with Gasteiger partial charge >= 0.3 is 17.9 Å². The fraction of sp³-hybridized carbons (Fsp3) is 0.192. The number of rotatable bonds is 6. The van der Waals surface area contributed by atoms with Gasteiger partial charge in [0.05, 0.1) is 23.3 Å². The van der Waals surface area contributed by atoms with Gasteiger partial charge in [0.2, 0.25) is 12.4 Å². The van der Waals surface area contributed by atoms with Crippen molar-refractivity contribution >= 4 is 17.9 Å². The van der Waals surface area contributed by atoms with E-state index in [1.807, 2.05) is 0 Å². The fourth-order valence-electron chi connectivity index (χ4n) is 3.41. The van der Waals surface area contributed by atoms with Crippen LogP contribution in [0.4, 0.5) is 0 Å². The Morgan fingerprint density at radius 3 is 1.44 bits per heavy atom. The molecule has 0 aromatic heterocycles.